The smallest absolute Gasteiger partial charge is 0.256 e. The molecule has 0 aliphatic carbocycles. The Morgan fingerprint density at radius 3 is 1.08 bits per heavy atom. The Morgan fingerprint density at radius 1 is 0.206 bits per heavy atom. The molecule has 0 amide bonds. The predicted octanol–water partition coefficient (Wildman–Crippen LogP) is 19.2. The van der Waals surface area contributed by atoms with E-state index in [2.05, 4.69) is 412 Å². The van der Waals surface area contributed by atoms with Crippen molar-refractivity contribution in [2.75, 3.05) is 29.4 Å². The Hall–Kier alpha value is -13.9. The zero-order valence-electron chi connectivity index (χ0n) is 58.1. The topological polar surface area (TPSA) is 37.9 Å². The van der Waals surface area contributed by atoms with Gasteiger partial charge < -0.3 is 38.9 Å². The Bertz CT molecular complexity index is 6130. The van der Waals surface area contributed by atoms with E-state index in [-0.39, 0.29) is 20.1 Å². The van der Waals surface area contributed by atoms with Crippen LogP contribution in [0.3, 0.4) is 0 Å². The zero-order chi connectivity index (χ0) is 70.2. The maximum atomic E-state index is 8.07. The van der Waals surface area contributed by atoms with Crippen molar-refractivity contribution in [1.29, 1.82) is 0 Å². The third-order valence-corrected chi connectivity index (χ3v) is 22.4. The summed E-state index contributed by atoms with van der Waals surface area (Å²) in [6.45, 7) is -0.862. The second-order valence-electron chi connectivity index (χ2n) is 28.2. The van der Waals surface area contributed by atoms with Gasteiger partial charge in [-0.05, 0) is 194 Å². The van der Waals surface area contributed by atoms with Gasteiger partial charge in [-0.15, -0.1) is 0 Å². The SMILES string of the molecule is c1ccc(-c2ccccc2N2c3cc(N(c4ccccc4)c4ccccc4)cc4c3B(c3ccccc3N4c3ccccc3)c3c2cc2c4c3Oc3ccccc3B4c3cc4c(cc3N2c2ccccc2)N(c2ccccc2)c2cc(N(c3ccccc3)c3ccccc3)cc3c2B4c2ccccc2O3)cc1. The fraction of sp³-hybridized carbons (Fsp3) is 0. The van der Waals surface area contributed by atoms with Gasteiger partial charge in [0.1, 0.15) is 23.0 Å². The van der Waals surface area contributed by atoms with Crippen molar-refractivity contribution >= 4 is 172 Å². The summed E-state index contributed by atoms with van der Waals surface area (Å²) in [6, 6.07) is 140. The molecular formula is C96H63B3N6O2. The fourth-order valence-electron chi connectivity index (χ4n) is 18.1. The first-order valence-electron chi connectivity index (χ1n) is 36.8. The number of benzene rings is 16. The third kappa shape index (κ3) is 9.40. The summed E-state index contributed by atoms with van der Waals surface area (Å²) in [5.41, 5.74) is 31.4. The van der Waals surface area contributed by atoms with Crippen LogP contribution < -0.4 is 88.0 Å². The molecule has 0 radical (unpaired) electrons. The van der Waals surface area contributed by atoms with Gasteiger partial charge in [0.2, 0.25) is 0 Å². The van der Waals surface area contributed by atoms with Crippen LogP contribution in [0.5, 0.6) is 23.0 Å². The van der Waals surface area contributed by atoms with Crippen LogP contribution in [0.15, 0.2) is 382 Å². The fourth-order valence-corrected chi connectivity index (χ4v) is 18.1. The van der Waals surface area contributed by atoms with Crippen LogP contribution >= 0.6 is 0 Å². The van der Waals surface area contributed by atoms with Gasteiger partial charge in [-0.25, -0.2) is 0 Å². The van der Waals surface area contributed by atoms with Crippen LogP contribution in [0.1, 0.15) is 0 Å². The molecule has 16 aromatic rings. The predicted molar refractivity (Wildman–Crippen MR) is 447 cm³/mol. The molecule has 8 nitrogen and oxygen atoms in total. The van der Waals surface area contributed by atoms with Crippen molar-refractivity contribution in [3.63, 3.8) is 0 Å². The molecule has 22 rings (SSSR count). The normalized spacial score (nSPS) is 13.3. The van der Waals surface area contributed by atoms with E-state index in [1.54, 1.807) is 0 Å². The van der Waals surface area contributed by atoms with Crippen LogP contribution in [-0.2, 0) is 0 Å². The summed E-state index contributed by atoms with van der Waals surface area (Å²) in [7, 11) is 0. The standard InChI is InChI=1S/C96H63B3N6O2/c1-9-33-64(34-10-1)74-49-25-29-53-80(74)105-85-58-72(100(65-35-11-2-12-36-65)66-37-13-3-14-38-66)57-84-92(85)99(75-50-26-30-54-81(75)102(84)69-43-19-6-20-44-69)95-88(105)63-87-94-96(95)107-90-56-32-28-52-77(90)98(94)79-61-78-82(62-83(79)104(87)71-47-23-8-24-48-71)103(70-45-21-7-22-46-70)86-59-73(60-91-93(86)97(78)76-51-27-31-55-89(76)106-91)101(67-39-15-4-16-40-67)68-41-17-5-18-42-68/h1-63H. The highest BCUT2D eigenvalue weighted by atomic mass is 16.5. The van der Waals surface area contributed by atoms with Crippen molar-refractivity contribution in [2.24, 2.45) is 0 Å². The maximum absolute atomic E-state index is 8.07. The molecule has 0 spiro atoms. The minimum Gasteiger partial charge on any atom is -0.459 e. The minimum absolute atomic E-state index is 0.227. The van der Waals surface area contributed by atoms with Gasteiger partial charge in [0.05, 0.1) is 17.1 Å². The van der Waals surface area contributed by atoms with Gasteiger partial charge >= 0.3 is 0 Å². The monoisotopic (exact) mass is 1360 g/mol. The van der Waals surface area contributed by atoms with Crippen molar-refractivity contribution in [1.82, 2.24) is 0 Å². The first kappa shape index (κ1) is 60.7. The van der Waals surface area contributed by atoms with Crippen LogP contribution in [0, 0.1) is 0 Å². The quantitative estimate of drug-likeness (QED) is 0.119. The van der Waals surface area contributed by atoms with E-state index in [4.69, 9.17) is 9.47 Å². The molecule has 11 heteroatoms. The molecule has 0 fully saturated rings. The lowest BCUT2D eigenvalue weighted by Crippen LogP contribution is -2.66. The van der Waals surface area contributed by atoms with Crippen LogP contribution in [0.2, 0.25) is 0 Å². The van der Waals surface area contributed by atoms with E-state index in [0.717, 1.165) is 164 Å². The first-order valence-corrected chi connectivity index (χ1v) is 36.8. The van der Waals surface area contributed by atoms with Crippen LogP contribution in [0.25, 0.3) is 11.1 Å². The molecule has 16 aromatic carbocycles. The Labute approximate surface area is 623 Å². The Morgan fingerprint density at radius 2 is 0.561 bits per heavy atom. The van der Waals surface area contributed by atoms with Crippen molar-refractivity contribution in [3.8, 4) is 34.1 Å². The van der Waals surface area contributed by atoms with Crippen molar-refractivity contribution in [2.45, 2.75) is 0 Å². The number of ether oxygens (including phenoxy) is 2. The molecule has 0 bridgehead atoms. The molecule has 107 heavy (non-hydrogen) atoms. The highest BCUT2D eigenvalue weighted by molar-refractivity contribution is 7.04. The lowest BCUT2D eigenvalue weighted by atomic mass is 9.29. The average molecular weight is 1370 g/mol. The Balaban J connectivity index is 0.861. The molecule has 6 heterocycles. The second kappa shape index (κ2) is 24.4. The largest absolute Gasteiger partial charge is 0.459 e. The van der Waals surface area contributed by atoms with Gasteiger partial charge in [-0.3, -0.25) is 0 Å². The van der Waals surface area contributed by atoms with Gasteiger partial charge in [0, 0.05) is 96.9 Å². The highest BCUT2D eigenvalue weighted by Crippen LogP contribution is 2.55. The van der Waals surface area contributed by atoms with Gasteiger partial charge in [-0.2, -0.15) is 0 Å². The molecule has 0 aromatic heterocycles. The van der Waals surface area contributed by atoms with E-state index < -0.39 is 0 Å². The highest BCUT2D eigenvalue weighted by Gasteiger charge is 2.53. The Kier molecular flexibility index (Phi) is 13.8. The molecule has 0 atom stereocenters. The minimum atomic E-state index is -0.332. The third-order valence-electron chi connectivity index (χ3n) is 22.4. The number of para-hydroxylation sites is 11. The van der Waals surface area contributed by atoms with Crippen molar-refractivity contribution in [3.05, 3.63) is 382 Å². The summed E-state index contributed by atoms with van der Waals surface area (Å²) in [5, 5.41) is 0. The summed E-state index contributed by atoms with van der Waals surface area (Å²) in [5.74, 6) is 3.36. The molecule has 0 N–H and O–H groups in total. The number of fused-ring (bicyclic) bond motifs is 13. The molecule has 6 aliphatic heterocycles. The zero-order valence-corrected chi connectivity index (χ0v) is 58.1. The van der Waals surface area contributed by atoms with Gasteiger partial charge in [-0.1, -0.05) is 237 Å². The number of nitrogens with zero attached hydrogens (tertiary/aromatic N) is 6. The average Bonchev–Trinajstić information content (AvgIpc) is 0.675. The molecule has 498 valence electrons. The summed E-state index contributed by atoms with van der Waals surface area (Å²) >= 11 is 0. The summed E-state index contributed by atoms with van der Waals surface area (Å²) < 4.78 is 15.4. The second-order valence-corrected chi connectivity index (χ2v) is 28.2. The van der Waals surface area contributed by atoms with E-state index in [1.807, 2.05) is 0 Å². The molecule has 6 aliphatic rings. The molecule has 0 saturated carbocycles. The van der Waals surface area contributed by atoms with E-state index >= 15 is 0 Å². The van der Waals surface area contributed by atoms with Crippen LogP contribution in [-0.4, -0.2) is 20.1 Å². The number of hydrogen-bond donors (Lipinski definition) is 0. The van der Waals surface area contributed by atoms with Crippen LogP contribution in [0.4, 0.5) is 102 Å². The molecular weight excluding hydrogens is 1300 g/mol. The summed E-state index contributed by atoms with van der Waals surface area (Å²) in [4.78, 5) is 15.0. The summed E-state index contributed by atoms with van der Waals surface area (Å²) in [6.07, 6.45) is 0. The van der Waals surface area contributed by atoms with Crippen molar-refractivity contribution < 1.29 is 9.47 Å². The van der Waals surface area contributed by atoms with Gasteiger partial charge in [0.15, 0.2) is 0 Å². The molecule has 0 saturated heterocycles. The number of rotatable bonds is 11. The molecule has 0 unspecified atom stereocenters. The van der Waals surface area contributed by atoms with E-state index in [0.29, 0.717) is 0 Å². The number of anilines is 18. The number of hydrogen-bond acceptors (Lipinski definition) is 8. The van der Waals surface area contributed by atoms with E-state index in [1.165, 1.54) is 21.9 Å². The lowest BCUT2D eigenvalue weighted by Gasteiger charge is -2.48. The van der Waals surface area contributed by atoms with Gasteiger partial charge in [0.25, 0.3) is 20.1 Å². The van der Waals surface area contributed by atoms with E-state index in [9.17, 15) is 0 Å². The first-order chi connectivity index (χ1) is 53.1. The maximum Gasteiger partial charge on any atom is 0.256 e. The lowest BCUT2D eigenvalue weighted by molar-refractivity contribution is 0.487.